The van der Waals surface area contributed by atoms with Crippen LogP contribution >= 0.6 is 0 Å². The first kappa shape index (κ1) is 15.7. The first-order chi connectivity index (χ1) is 12.8. The molecule has 5 rings (SSSR count). The van der Waals surface area contributed by atoms with Gasteiger partial charge in [0.1, 0.15) is 5.82 Å². The third-order valence-electron chi connectivity index (χ3n) is 5.53. The van der Waals surface area contributed by atoms with Crippen LogP contribution in [0.3, 0.4) is 0 Å². The van der Waals surface area contributed by atoms with Crippen molar-refractivity contribution in [3.05, 3.63) is 59.5 Å². The molecule has 1 aromatic heterocycles. The summed E-state index contributed by atoms with van der Waals surface area (Å²) in [6.07, 6.45) is 0.978. The van der Waals surface area contributed by atoms with E-state index in [0.717, 1.165) is 38.3 Å². The van der Waals surface area contributed by atoms with Gasteiger partial charge in [0.25, 0.3) is 0 Å². The van der Waals surface area contributed by atoms with Crippen molar-refractivity contribution in [3.63, 3.8) is 0 Å². The van der Waals surface area contributed by atoms with Gasteiger partial charge < -0.3 is 19.5 Å². The molecule has 3 aromatic rings. The molecule has 0 radical (unpaired) electrons. The highest BCUT2D eigenvalue weighted by molar-refractivity contribution is 5.85. The molecule has 5 heteroatoms. The zero-order chi connectivity index (χ0) is 17.5. The van der Waals surface area contributed by atoms with E-state index in [1.54, 1.807) is 6.07 Å². The summed E-state index contributed by atoms with van der Waals surface area (Å²) in [5.74, 6) is -0.146. The van der Waals surface area contributed by atoms with E-state index in [9.17, 15) is 4.39 Å². The van der Waals surface area contributed by atoms with Gasteiger partial charge in [-0.2, -0.15) is 0 Å². The minimum absolute atomic E-state index is 0.146. The summed E-state index contributed by atoms with van der Waals surface area (Å²) in [5.41, 5.74) is 5.47. The number of nitrogens with zero attached hydrogens (tertiary/aromatic N) is 2. The van der Waals surface area contributed by atoms with Gasteiger partial charge in [0.15, 0.2) is 0 Å². The van der Waals surface area contributed by atoms with Crippen LogP contribution < -0.4 is 9.80 Å². The summed E-state index contributed by atoms with van der Waals surface area (Å²) in [6.45, 7) is 4.52. The van der Waals surface area contributed by atoms with Crippen LogP contribution in [0.15, 0.2) is 42.5 Å². The van der Waals surface area contributed by atoms with Gasteiger partial charge in [0, 0.05) is 41.9 Å². The Morgan fingerprint density at radius 1 is 0.962 bits per heavy atom. The van der Waals surface area contributed by atoms with Crippen molar-refractivity contribution in [2.75, 3.05) is 42.6 Å². The van der Waals surface area contributed by atoms with Crippen LogP contribution in [0.2, 0.25) is 0 Å². The van der Waals surface area contributed by atoms with Gasteiger partial charge in [-0.15, -0.1) is 0 Å². The van der Waals surface area contributed by atoms with Crippen molar-refractivity contribution in [2.45, 2.75) is 13.0 Å². The Morgan fingerprint density at radius 3 is 2.65 bits per heavy atom. The van der Waals surface area contributed by atoms with Crippen LogP contribution in [0.5, 0.6) is 0 Å². The van der Waals surface area contributed by atoms with Crippen LogP contribution in [0, 0.1) is 5.82 Å². The number of benzene rings is 2. The molecule has 4 nitrogen and oxygen atoms in total. The second-order valence-corrected chi connectivity index (χ2v) is 7.03. The largest absolute Gasteiger partial charge is 0.378 e. The first-order valence-corrected chi connectivity index (χ1v) is 9.25. The number of hydrogen-bond donors (Lipinski definition) is 1. The quantitative estimate of drug-likeness (QED) is 0.764. The zero-order valence-electron chi connectivity index (χ0n) is 14.7. The van der Waals surface area contributed by atoms with Crippen molar-refractivity contribution in [1.29, 1.82) is 0 Å². The van der Waals surface area contributed by atoms with Crippen LogP contribution in [-0.4, -0.2) is 37.8 Å². The fourth-order valence-electron chi connectivity index (χ4n) is 4.17. The summed E-state index contributed by atoms with van der Waals surface area (Å²) >= 11 is 0. The number of anilines is 2. The van der Waals surface area contributed by atoms with Gasteiger partial charge >= 0.3 is 0 Å². The molecule has 0 amide bonds. The fraction of sp³-hybridized carbons (Fsp3) is 0.333. The maximum Gasteiger partial charge on any atom is 0.148 e. The van der Waals surface area contributed by atoms with Gasteiger partial charge in [-0.05, 0) is 36.2 Å². The van der Waals surface area contributed by atoms with Crippen LogP contribution in [-0.2, 0) is 17.7 Å². The Hall–Kier alpha value is -2.53. The van der Waals surface area contributed by atoms with Crippen molar-refractivity contribution >= 4 is 22.3 Å². The Bertz CT molecular complexity index is 946. The van der Waals surface area contributed by atoms with Gasteiger partial charge in [0.05, 0.1) is 25.4 Å². The molecule has 26 heavy (non-hydrogen) atoms. The number of halogens is 1. The van der Waals surface area contributed by atoms with Gasteiger partial charge in [-0.3, -0.25) is 0 Å². The molecule has 2 aliphatic rings. The van der Waals surface area contributed by atoms with E-state index in [1.165, 1.54) is 22.2 Å². The average molecular weight is 351 g/mol. The number of nitrogens with one attached hydrogen (secondary N) is 1. The molecule has 1 fully saturated rings. The van der Waals surface area contributed by atoms with Crippen molar-refractivity contribution in [1.82, 2.24) is 4.98 Å². The number of H-pyrrole nitrogens is 1. The molecule has 0 saturated carbocycles. The lowest BCUT2D eigenvalue weighted by Gasteiger charge is -2.31. The number of morpholine rings is 1. The van der Waals surface area contributed by atoms with E-state index in [-0.39, 0.29) is 5.82 Å². The third kappa shape index (κ3) is 2.63. The van der Waals surface area contributed by atoms with Crippen molar-refractivity contribution < 1.29 is 9.13 Å². The van der Waals surface area contributed by atoms with Crippen LogP contribution in [0.25, 0.3) is 10.9 Å². The number of ether oxygens (including phenoxy) is 1. The maximum absolute atomic E-state index is 14.7. The van der Waals surface area contributed by atoms with Gasteiger partial charge in [-0.25, -0.2) is 4.39 Å². The molecular formula is C21H22FN3O. The van der Waals surface area contributed by atoms with E-state index < -0.39 is 0 Å². The minimum Gasteiger partial charge on any atom is -0.378 e. The lowest BCUT2D eigenvalue weighted by molar-refractivity contribution is 0.122. The number of rotatable bonds is 2. The molecule has 134 valence electrons. The van der Waals surface area contributed by atoms with E-state index >= 15 is 0 Å². The molecule has 0 bridgehead atoms. The Kier molecular flexibility index (Phi) is 3.82. The smallest absolute Gasteiger partial charge is 0.148 e. The average Bonchev–Trinajstić information content (AvgIpc) is 3.06. The van der Waals surface area contributed by atoms with E-state index in [0.29, 0.717) is 18.9 Å². The summed E-state index contributed by atoms with van der Waals surface area (Å²) in [5, 5.41) is 1.32. The SMILES string of the molecule is Fc1cc(N2CCc3c([nH]c4ccccc34)C2)ccc1N1CCOCC1. The summed E-state index contributed by atoms with van der Waals surface area (Å²) in [6, 6.07) is 14.1. The molecule has 0 spiro atoms. The van der Waals surface area contributed by atoms with Crippen molar-refractivity contribution in [2.24, 2.45) is 0 Å². The highest BCUT2D eigenvalue weighted by Crippen LogP contribution is 2.32. The van der Waals surface area contributed by atoms with E-state index in [2.05, 4.69) is 39.0 Å². The highest BCUT2D eigenvalue weighted by Gasteiger charge is 2.22. The molecule has 3 heterocycles. The minimum atomic E-state index is -0.146. The number of fused-ring (bicyclic) bond motifs is 3. The summed E-state index contributed by atoms with van der Waals surface area (Å²) in [4.78, 5) is 7.85. The van der Waals surface area contributed by atoms with E-state index in [1.807, 2.05) is 12.1 Å². The molecule has 1 saturated heterocycles. The van der Waals surface area contributed by atoms with Crippen LogP contribution in [0.4, 0.5) is 15.8 Å². The maximum atomic E-state index is 14.7. The van der Waals surface area contributed by atoms with Gasteiger partial charge in [0.2, 0.25) is 0 Å². The summed E-state index contributed by atoms with van der Waals surface area (Å²) < 4.78 is 20.1. The lowest BCUT2D eigenvalue weighted by atomic mass is 10.0. The second kappa shape index (κ2) is 6.32. The Morgan fingerprint density at radius 2 is 1.81 bits per heavy atom. The number of aromatic amines is 1. The molecule has 2 aliphatic heterocycles. The number of para-hydroxylation sites is 1. The normalized spacial score (nSPS) is 17.6. The predicted molar refractivity (Wildman–Crippen MR) is 102 cm³/mol. The highest BCUT2D eigenvalue weighted by atomic mass is 19.1. The molecule has 1 N–H and O–H groups in total. The molecule has 0 unspecified atom stereocenters. The van der Waals surface area contributed by atoms with Gasteiger partial charge in [-0.1, -0.05) is 18.2 Å². The Balaban J connectivity index is 1.41. The number of aromatic nitrogens is 1. The zero-order valence-corrected chi connectivity index (χ0v) is 14.7. The molecule has 2 aromatic carbocycles. The fourth-order valence-corrected chi connectivity index (χ4v) is 4.17. The Labute approximate surface area is 152 Å². The molecule has 0 atom stereocenters. The standard InChI is InChI=1S/C21H22FN3O/c22-18-13-15(5-6-21(18)24-9-11-26-12-10-24)25-8-7-17-16-3-1-2-4-19(16)23-20(17)14-25/h1-6,13,23H,7-12,14H2. The monoisotopic (exact) mass is 351 g/mol. The topological polar surface area (TPSA) is 31.5 Å². The second-order valence-electron chi connectivity index (χ2n) is 7.03. The summed E-state index contributed by atoms with van der Waals surface area (Å²) in [7, 11) is 0. The molecular weight excluding hydrogens is 329 g/mol. The molecule has 0 aliphatic carbocycles. The van der Waals surface area contributed by atoms with Crippen LogP contribution in [0.1, 0.15) is 11.3 Å². The van der Waals surface area contributed by atoms with Crippen molar-refractivity contribution in [3.8, 4) is 0 Å². The number of hydrogen-bond acceptors (Lipinski definition) is 3. The first-order valence-electron chi connectivity index (χ1n) is 9.25. The predicted octanol–water partition coefficient (Wildman–Crippen LogP) is 3.71. The lowest BCUT2D eigenvalue weighted by Crippen LogP contribution is -2.37. The third-order valence-corrected chi connectivity index (χ3v) is 5.53. The van der Waals surface area contributed by atoms with E-state index in [4.69, 9.17) is 4.74 Å².